The van der Waals surface area contributed by atoms with Crippen LogP contribution in [0.1, 0.15) is 67.2 Å². The molecule has 34 heavy (non-hydrogen) atoms. The van der Waals surface area contributed by atoms with Crippen molar-refractivity contribution in [1.82, 2.24) is 19.8 Å². The van der Waals surface area contributed by atoms with Crippen LogP contribution in [-0.4, -0.2) is 32.0 Å². The lowest BCUT2D eigenvalue weighted by Gasteiger charge is -2.30. The highest BCUT2D eigenvalue weighted by molar-refractivity contribution is 7.80. The molecule has 1 aliphatic carbocycles. The highest BCUT2D eigenvalue weighted by atomic mass is 32.1. The molecular formula is C27H31N5OS. The first-order valence-corrected chi connectivity index (χ1v) is 12.5. The van der Waals surface area contributed by atoms with Crippen molar-refractivity contribution in [2.24, 2.45) is 0 Å². The third-order valence-corrected chi connectivity index (χ3v) is 7.30. The van der Waals surface area contributed by atoms with Crippen molar-refractivity contribution < 1.29 is 4.79 Å². The number of aryl methyl sites for hydroxylation is 1. The molecular weight excluding hydrogens is 442 g/mol. The number of nitrogens with zero attached hydrogens (tertiary/aromatic N) is 3. The quantitative estimate of drug-likeness (QED) is 0.456. The van der Waals surface area contributed by atoms with Crippen LogP contribution in [0.3, 0.4) is 0 Å². The van der Waals surface area contributed by atoms with Crippen molar-refractivity contribution >= 4 is 28.9 Å². The van der Waals surface area contributed by atoms with E-state index in [-0.39, 0.29) is 18.0 Å². The summed E-state index contributed by atoms with van der Waals surface area (Å²) in [5.41, 5.74) is 4.17. The molecule has 176 valence electrons. The van der Waals surface area contributed by atoms with E-state index in [0.29, 0.717) is 24.1 Å². The number of amides is 1. The predicted octanol–water partition coefficient (Wildman–Crippen LogP) is 5.31. The fourth-order valence-corrected chi connectivity index (χ4v) is 5.55. The molecule has 2 aliphatic rings. The third kappa shape index (κ3) is 4.71. The Morgan fingerprint density at radius 3 is 2.65 bits per heavy atom. The Kier molecular flexibility index (Phi) is 6.63. The molecule has 0 radical (unpaired) electrons. The molecule has 6 nitrogen and oxygen atoms in total. The number of thiocarbonyl (C=S) groups is 1. The fourth-order valence-electron chi connectivity index (χ4n) is 5.22. The van der Waals surface area contributed by atoms with Crippen LogP contribution in [0.2, 0.25) is 0 Å². The third-order valence-electron chi connectivity index (χ3n) is 6.95. The average molecular weight is 474 g/mol. The topological polar surface area (TPSA) is 62.2 Å². The van der Waals surface area contributed by atoms with Gasteiger partial charge < -0.3 is 20.1 Å². The molecule has 2 unspecified atom stereocenters. The summed E-state index contributed by atoms with van der Waals surface area (Å²) in [4.78, 5) is 19.6. The highest BCUT2D eigenvalue weighted by Crippen LogP contribution is 2.41. The Morgan fingerprint density at radius 1 is 1.12 bits per heavy atom. The molecule has 1 aliphatic heterocycles. The van der Waals surface area contributed by atoms with Crippen molar-refractivity contribution in [2.45, 2.75) is 57.2 Å². The van der Waals surface area contributed by atoms with Crippen molar-refractivity contribution in [3.8, 4) is 0 Å². The van der Waals surface area contributed by atoms with Crippen molar-refractivity contribution in [3.05, 3.63) is 83.9 Å². The van der Waals surface area contributed by atoms with Gasteiger partial charge in [-0.3, -0.25) is 9.78 Å². The summed E-state index contributed by atoms with van der Waals surface area (Å²) in [7, 11) is 0. The van der Waals surface area contributed by atoms with Crippen LogP contribution in [0.5, 0.6) is 0 Å². The number of anilines is 1. The monoisotopic (exact) mass is 473 g/mol. The first kappa shape index (κ1) is 22.6. The first-order chi connectivity index (χ1) is 16.6. The SMILES string of the molecule is Cc1ccc(NC(=O)CCN2C(=S)NC(c3ccccn3)C2c2cccn2C2CCCC2)cc1. The molecule has 7 heteroatoms. The molecule has 2 fully saturated rings. The van der Waals surface area contributed by atoms with E-state index in [1.54, 1.807) is 0 Å². The summed E-state index contributed by atoms with van der Waals surface area (Å²) in [5.74, 6) is -0.0159. The largest absolute Gasteiger partial charge is 0.352 e. The van der Waals surface area contributed by atoms with E-state index in [1.807, 2.05) is 55.6 Å². The van der Waals surface area contributed by atoms with Gasteiger partial charge in [-0.25, -0.2) is 0 Å². The van der Waals surface area contributed by atoms with Gasteiger partial charge >= 0.3 is 0 Å². The van der Waals surface area contributed by atoms with E-state index in [1.165, 1.54) is 36.9 Å². The summed E-state index contributed by atoms with van der Waals surface area (Å²) < 4.78 is 2.43. The van der Waals surface area contributed by atoms with Gasteiger partial charge in [0.1, 0.15) is 0 Å². The van der Waals surface area contributed by atoms with E-state index >= 15 is 0 Å². The number of carbonyl (C=O) groups is 1. The molecule has 1 saturated heterocycles. The summed E-state index contributed by atoms with van der Waals surface area (Å²) in [6, 6.07) is 18.6. The summed E-state index contributed by atoms with van der Waals surface area (Å²) in [6.45, 7) is 2.57. The van der Waals surface area contributed by atoms with Gasteiger partial charge in [0, 0.05) is 42.8 Å². The summed E-state index contributed by atoms with van der Waals surface area (Å²) in [6.07, 6.45) is 9.34. The van der Waals surface area contributed by atoms with Crippen molar-refractivity contribution in [1.29, 1.82) is 0 Å². The molecule has 1 aromatic carbocycles. The number of rotatable bonds is 7. The zero-order valence-electron chi connectivity index (χ0n) is 19.5. The van der Waals surface area contributed by atoms with E-state index < -0.39 is 0 Å². The number of pyridine rings is 1. The van der Waals surface area contributed by atoms with Crippen molar-refractivity contribution in [3.63, 3.8) is 0 Å². The number of carbonyl (C=O) groups excluding carboxylic acids is 1. The fraction of sp³-hybridized carbons (Fsp3) is 0.370. The molecule has 3 aromatic rings. The second-order valence-corrected chi connectivity index (χ2v) is 9.65. The van der Waals surface area contributed by atoms with Gasteiger partial charge in [-0.2, -0.15) is 0 Å². The maximum atomic E-state index is 12.8. The van der Waals surface area contributed by atoms with Gasteiger partial charge in [-0.15, -0.1) is 0 Å². The van der Waals surface area contributed by atoms with Crippen LogP contribution in [-0.2, 0) is 4.79 Å². The molecule has 1 saturated carbocycles. The molecule has 2 N–H and O–H groups in total. The number of hydrogen-bond acceptors (Lipinski definition) is 3. The van der Waals surface area contributed by atoms with Gasteiger partial charge in [0.2, 0.25) is 5.91 Å². The minimum absolute atomic E-state index is 0.0159. The molecule has 0 spiro atoms. The van der Waals surface area contributed by atoms with Crippen LogP contribution in [0.15, 0.2) is 67.0 Å². The average Bonchev–Trinajstić information content (AvgIpc) is 3.59. The number of benzene rings is 1. The number of nitrogens with one attached hydrogen (secondary N) is 2. The lowest BCUT2D eigenvalue weighted by Crippen LogP contribution is -2.33. The van der Waals surface area contributed by atoms with E-state index in [2.05, 4.69) is 43.4 Å². The number of aromatic nitrogens is 2. The van der Waals surface area contributed by atoms with Crippen LogP contribution >= 0.6 is 12.2 Å². The molecule has 1 amide bonds. The lowest BCUT2D eigenvalue weighted by atomic mass is 10.0. The Labute approximate surface area is 206 Å². The van der Waals surface area contributed by atoms with Gasteiger partial charge in [0.05, 0.1) is 17.8 Å². The summed E-state index contributed by atoms with van der Waals surface area (Å²) >= 11 is 5.79. The van der Waals surface area contributed by atoms with E-state index in [9.17, 15) is 4.79 Å². The Morgan fingerprint density at radius 2 is 1.91 bits per heavy atom. The maximum Gasteiger partial charge on any atom is 0.226 e. The molecule has 5 rings (SSSR count). The van der Waals surface area contributed by atoms with Gasteiger partial charge in [-0.1, -0.05) is 36.6 Å². The van der Waals surface area contributed by atoms with Gasteiger partial charge in [0.25, 0.3) is 0 Å². The van der Waals surface area contributed by atoms with E-state index in [4.69, 9.17) is 12.2 Å². The zero-order valence-corrected chi connectivity index (χ0v) is 20.3. The Bertz CT molecular complexity index is 1140. The molecule has 0 bridgehead atoms. The lowest BCUT2D eigenvalue weighted by molar-refractivity contribution is -0.116. The van der Waals surface area contributed by atoms with Crippen LogP contribution < -0.4 is 10.6 Å². The van der Waals surface area contributed by atoms with Crippen LogP contribution in [0, 0.1) is 6.92 Å². The maximum absolute atomic E-state index is 12.8. The molecule has 3 heterocycles. The van der Waals surface area contributed by atoms with Crippen LogP contribution in [0.25, 0.3) is 0 Å². The second kappa shape index (κ2) is 9.97. The predicted molar refractivity (Wildman–Crippen MR) is 139 cm³/mol. The standard InChI is InChI=1S/C27H31N5OS/c1-19-11-13-20(14-12-19)29-24(33)15-18-32-26(23-10-6-17-31(23)21-7-2-3-8-21)25(30-27(32)34)22-9-4-5-16-28-22/h4-6,9-14,16-17,21,25-26H,2-3,7-8,15,18H2,1H3,(H,29,33)(H,30,34). The second-order valence-electron chi connectivity index (χ2n) is 9.26. The Hall–Kier alpha value is -3.19. The highest BCUT2D eigenvalue weighted by Gasteiger charge is 2.41. The van der Waals surface area contributed by atoms with E-state index in [0.717, 1.165) is 11.4 Å². The number of hydrogen-bond donors (Lipinski definition) is 2. The Balaban J connectivity index is 1.38. The molecule has 2 aromatic heterocycles. The summed E-state index contributed by atoms with van der Waals surface area (Å²) in [5, 5.41) is 7.19. The van der Waals surface area contributed by atoms with Crippen LogP contribution in [0.4, 0.5) is 5.69 Å². The van der Waals surface area contributed by atoms with Gasteiger partial charge in [-0.05, 0) is 68.4 Å². The first-order valence-electron chi connectivity index (χ1n) is 12.1. The smallest absolute Gasteiger partial charge is 0.226 e. The minimum atomic E-state index is -0.0658. The normalized spacial score (nSPS) is 20.5. The minimum Gasteiger partial charge on any atom is -0.352 e. The molecule has 2 atom stereocenters. The van der Waals surface area contributed by atoms with Crippen molar-refractivity contribution in [2.75, 3.05) is 11.9 Å². The van der Waals surface area contributed by atoms with Gasteiger partial charge in [0.15, 0.2) is 5.11 Å². The zero-order chi connectivity index (χ0) is 23.5.